The number of nitrogens with one attached hydrogen (secondary N) is 3. The molecule has 12 heteroatoms. The van der Waals surface area contributed by atoms with Crippen LogP contribution in [0.4, 0.5) is 17.1 Å². The summed E-state index contributed by atoms with van der Waals surface area (Å²) in [5.74, 6) is -0.609. The summed E-state index contributed by atoms with van der Waals surface area (Å²) >= 11 is 12.1. The van der Waals surface area contributed by atoms with E-state index in [4.69, 9.17) is 23.2 Å². The second-order valence-corrected chi connectivity index (χ2v) is 12.8. The summed E-state index contributed by atoms with van der Waals surface area (Å²) in [6, 6.07) is 20.8. The summed E-state index contributed by atoms with van der Waals surface area (Å²) in [5.41, 5.74) is 2.93. The van der Waals surface area contributed by atoms with E-state index < -0.39 is 26.0 Å². The van der Waals surface area contributed by atoms with Crippen molar-refractivity contribution in [1.82, 2.24) is 0 Å². The standard InChI is InChI=1S/C27H23Cl2N3O5S2/c1-17-6-8-23(14-18(17)2)32-39(36,37)26-15-19(7-13-25(26)29)27(33)30-21-9-11-24(12-10-21)38(34,35)31-22-5-3-4-20(28)16-22/h3-16,31-32H,1-2H3,(H,30,33). The second-order valence-electron chi connectivity index (χ2n) is 8.64. The lowest BCUT2D eigenvalue weighted by molar-refractivity contribution is 0.102. The van der Waals surface area contributed by atoms with Crippen LogP contribution in [0.15, 0.2) is 94.7 Å². The van der Waals surface area contributed by atoms with E-state index in [0.717, 1.165) is 11.1 Å². The zero-order chi connectivity index (χ0) is 28.4. The molecule has 0 radical (unpaired) electrons. The van der Waals surface area contributed by atoms with Gasteiger partial charge >= 0.3 is 0 Å². The van der Waals surface area contributed by atoms with Gasteiger partial charge in [0.25, 0.3) is 26.0 Å². The molecule has 3 N–H and O–H groups in total. The van der Waals surface area contributed by atoms with Crippen molar-refractivity contribution in [2.75, 3.05) is 14.8 Å². The van der Waals surface area contributed by atoms with Gasteiger partial charge in [-0.2, -0.15) is 0 Å². The molecule has 0 aliphatic heterocycles. The fraction of sp³-hybridized carbons (Fsp3) is 0.0741. The van der Waals surface area contributed by atoms with Crippen molar-refractivity contribution < 1.29 is 21.6 Å². The Labute approximate surface area is 237 Å². The van der Waals surface area contributed by atoms with E-state index in [1.54, 1.807) is 36.4 Å². The monoisotopic (exact) mass is 603 g/mol. The zero-order valence-electron chi connectivity index (χ0n) is 20.7. The van der Waals surface area contributed by atoms with E-state index in [1.807, 2.05) is 13.8 Å². The van der Waals surface area contributed by atoms with E-state index in [0.29, 0.717) is 22.1 Å². The van der Waals surface area contributed by atoms with Crippen LogP contribution in [0.2, 0.25) is 10.0 Å². The third kappa shape index (κ3) is 6.90. The molecule has 4 rings (SSSR count). The Balaban J connectivity index is 1.50. The van der Waals surface area contributed by atoms with Crippen LogP contribution in [-0.2, 0) is 20.0 Å². The molecule has 0 aromatic heterocycles. The number of anilines is 3. The van der Waals surface area contributed by atoms with Crippen molar-refractivity contribution in [3.05, 3.63) is 112 Å². The molecule has 0 aliphatic carbocycles. The lowest BCUT2D eigenvalue weighted by atomic mass is 10.1. The summed E-state index contributed by atoms with van der Waals surface area (Å²) in [7, 11) is -7.99. The molecule has 0 unspecified atom stereocenters. The Hall–Kier alpha value is -3.57. The molecular weight excluding hydrogens is 581 g/mol. The summed E-state index contributed by atoms with van der Waals surface area (Å²) in [4.78, 5) is 12.6. The van der Waals surface area contributed by atoms with Crippen molar-refractivity contribution in [1.29, 1.82) is 0 Å². The topological polar surface area (TPSA) is 121 Å². The van der Waals surface area contributed by atoms with Gasteiger partial charge in [-0.3, -0.25) is 14.2 Å². The Morgan fingerprint density at radius 1 is 0.667 bits per heavy atom. The molecule has 0 spiro atoms. The van der Waals surface area contributed by atoms with Crippen LogP contribution in [0.3, 0.4) is 0 Å². The molecule has 0 fully saturated rings. The summed E-state index contributed by atoms with van der Waals surface area (Å²) in [6.45, 7) is 3.78. The number of aryl methyl sites for hydroxylation is 2. The lowest BCUT2D eigenvalue weighted by Gasteiger charge is -2.13. The average molecular weight is 605 g/mol. The number of amides is 1. The molecule has 0 bridgehead atoms. The number of carbonyl (C=O) groups is 1. The van der Waals surface area contributed by atoms with Gasteiger partial charge in [0.1, 0.15) is 4.90 Å². The third-order valence-corrected chi connectivity index (χ3v) is 9.24. The van der Waals surface area contributed by atoms with Gasteiger partial charge in [0, 0.05) is 22.0 Å². The smallest absolute Gasteiger partial charge is 0.263 e. The van der Waals surface area contributed by atoms with Gasteiger partial charge in [-0.25, -0.2) is 16.8 Å². The minimum absolute atomic E-state index is 0.0298. The molecule has 202 valence electrons. The number of benzene rings is 4. The lowest BCUT2D eigenvalue weighted by Crippen LogP contribution is -2.17. The van der Waals surface area contributed by atoms with Crippen molar-refractivity contribution in [2.24, 2.45) is 0 Å². The predicted molar refractivity (Wildman–Crippen MR) is 155 cm³/mol. The molecule has 0 saturated heterocycles. The minimum atomic E-state index is -4.10. The molecule has 0 saturated carbocycles. The summed E-state index contributed by atoms with van der Waals surface area (Å²) in [5, 5.41) is 2.96. The second kappa shape index (κ2) is 11.3. The predicted octanol–water partition coefficient (Wildman–Crippen LogP) is 6.46. The fourth-order valence-corrected chi connectivity index (χ4v) is 6.37. The first-order valence-corrected chi connectivity index (χ1v) is 15.2. The highest BCUT2D eigenvalue weighted by Gasteiger charge is 2.21. The first kappa shape index (κ1) is 28.4. The van der Waals surface area contributed by atoms with Crippen LogP contribution in [0.25, 0.3) is 0 Å². The fourth-order valence-electron chi connectivity index (χ4n) is 3.55. The van der Waals surface area contributed by atoms with Gasteiger partial charge in [0.15, 0.2) is 0 Å². The van der Waals surface area contributed by atoms with Gasteiger partial charge < -0.3 is 5.32 Å². The molecule has 4 aromatic carbocycles. The van der Waals surface area contributed by atoms with Gasteiger partial charge in [0.2, 0.25) is 0 Å². The number of hydrogen-bond acceptors (Lipinski definition) is 5. The molecular formula is C27H23Cl2N3O5S2. The maximum absolute atomic E-state index is 13.0. The van der Waals surface area contributed by atoms with Crippen molar-refractivity contribution >= 4 is 66.2 Å². The number of sulfonamides is 2. The van der Waals surface area contributed by atoms with Crippen LogP contribution in [-0.4, -0.2) is 22.7 Å². The van der Waals surface area contributed by atoms with E-state index in [2.05, 4.69) is 14.8 Å². The third-order valence-electron chi connectivity index (χ3n) is 5.74. The summed E-state index contributed by atoms with van der Waals surface area (Å²) in [6.07, 6.45) is 0. The van der Waals surface area contributed by atoms with E-state index >= 15 is 0 Å². The van der Waals surface area contributed by atoms with Crippen LogP contribution >= 0.6 is 23.2 Å². The highest BCUT2D eigenvalue weighted by molar-refractivity contribution is 7.93. The van der Waals surface area contributed by atoms with Crippen LogP contribution < -0.4 is 14.8 Å². The Morgan fingerprint density at radius 3 is 1.97 bits per heavy atom. The number of halogens is 2. The van der Waals surface area contributed by atoms with Crippen LogP contribution in [0, 0.1) is 13.8 Å². The van der Waals surface area contributed by atoms with Crippen molar-refractivity contribution in [3.8, 4) is 0 Å². The van der Waals surface area contributed by atoms with Crippen molar-refractivity contribution in [2.45, 2.75) is 23.6 Å². The Morgan fingerprint density at radius 2 is 1.31 bits per heavy atom. The van der Waals surface area contributed by atoms with Gasteiger partial charge in [-0.05, 0) is 97.8 Å². The van der Waals surface area contributed by atoms with Gasteiger partial charge in [-0.1, -0.05) is 35.3 Å². The Bertz CT molecular complexity index is 1780. The van der Waals surface area contributed by atoms with Gasteiger partial charge in [-0.15, -0.1) is 0 Å². The maximum atomic E-state index is 13.0. The zero-order valence-corrected chi connectivity index (χ0v) is 23.8. The van der Waals surface area contributed by atoms with Crippen LogP contribution in [0.1, 0.15) is 21.5 Å². The first-order chi connectivity index (χ1) is 18.3. The number of carbonyl (C=O) groups excluding carboxylic acids is 1. The van der Waals surface area contributed by atoms with Crippen LogP contribution in [0.5, 0.6) is 0 Å². The SMILES string of the molecule is Cc1ccc(NS(=O)(=O)c2cc(C(=O)Nc3ccc(S(=O)(=O)Nc4cccc(Cl)c4)cc3)ccc2Cl)cc1C. The molecule has 0 heterocycles. The normalized spacial score (nSPS) is 11.6. The molecule has 1 amide bonds. The molecule has 8 nitrogen and oxygen atoms in total. The maximum Gasteiger partial charge on any atom is 0.263 e. The number of rotatable bonds is 8. The molecule has 4 aromatic rings. The largest absolute Gasteiger partial charge is 0.322 e. The highest BCUT2D eigenvalue weighted by atomic mass is 35.5. The number of hydrogen-bond donors (Lipinski definition) is 3. The average Bonchev–Trinajstić information content (AvgIpc) is 2.86. The Kier molecular flexibility index (Phi) is 8.22. The van der Waals surface area contributed by atoms with Gasteiger partial charge in [0.05, 0.1) is 15.6 Å². The molecule has 0 atom stereocenters. The first-order valence-electron chi connectivity index (χ1n) is 11.4. The molecule has 39 heavy (non-hydrogen) atoms. The summed E-state index contributed by atoms with van der Waals surface area (Å²) < 4.78 is 56.4. The molecule has 0 aliphatic rings. The minimum Gasteiger partial charge on any atom is -0.322 e. The van der Waals surface area contributed by atoms with E-state index in [1.165, 1.54) is 48.5 Å². The quantitative estimate of drug-likeness (QED) is 0.213. The van der Waals surface area contributed by atoms with E-state index in [-0.39, 0.29) is 20.4 Å². The highest BCUT2D eigenvalue weighted by Crippen LogP contribution is 2.27. The van der Waals surface area contributed by atoms with Crippen molar-refractivity contribution in [3.63, 3.8) is 0 Å². The van der Waals surface area contributed by atoms with E-state index in [9.17, 15) is 21.6 Å².